The normalized spacial score (nSPS) is 14.5. The van der Waals surface area contributed by atoms with E-state index in [0.717, 1.165) is 31.6 Å². The van der Waals surface area contributed by atoms with Crippen LogP contribution in [0.25, 0.3) is 0 Å². The number of hydrogen-bond donors (Lipinski definition) is 1. The summed E-state index contributed by atoms with van der Waals surface area (Å²) >= 11 is 0. The van der Waals surface area contributed by atoms with Gasteiger partial charge in [0.15, 0.2) is 0 Å². The highest BCUT2D eigenvalue weighted by atomic mass is 19.1. The van der Waals surface area contributed by atoms with Crippen molar-refractivity contribution in [1.29, 1.82) is 0 Å². The van der Waals surface area contributed by atoms with Gasteiger partial charge in [-0.1, -0.05) is 18.2 Å². The Morgan fingerprint density at radius 3 is 2.54 bits per heavy atom. The van der Waals surface area contributed by atoms with E-state index in [9.17, 15) is 13.6 Å². The minimum atomic E-state index is -0.414. The summed E-state index contributed by atoms with van der Waals surface area (Å²) in [6.45, 7) is 1.78. The minimum Gasteiger partial charge on any atom is -0.370 e. The number of carbonyl (C=O) groups is 1. The van der Waals surface area contributed by atoms with Crippen molar-refractivity contribution in [2.45, 2.75) is 25.7 Å². The monoisotopic (exact) mass is 330 g/mol. The number of piperidine rings is 1. The van der Waals surface area contributed by atoms with Crippen LogP contribution in [-0.2, 0) is 11.2 Å². The Hall–Kier alpha value is -2.43. The molecule has 1 amide bonds. The first-order valence-electron chi connectivity index (χ1n) is 8.21. The van der Waals surface area contributed by atoms with E-state index in [1.807, 2.05) is 0 Å². The van der Waals surface area contributed by atoms with Crippen LogP contribution in [-0.4, -0.2) is 19.0 Å². The number of halogens is 2. The average molecular weight is 330 g/mol. The number of carbonyl (C=O) groups excluding carboxylic acids is 1. The number of hydrogen-bond acceptors (Lipinski definition) is 2. The molecular formula is C19H20F2N2O. The first-order valence-corrected chi connectivity index (χ1v) is 8.21. The second-order valence-corrected chi connectivity index (χ2v) is 6.03. The molecule has 2 aromatic carbocycles. The number of nitrogens with zero attached hydrogens (tertiary/aromatic N) is 1. The number of rotatable bonds is 4. The Bertz CT molecular complexity index is 727. The van der Waals surface area contributed by atoms with Crippen LogP contribution in [0.15, 0.2) is 42.5 Å². The zero-order valence-corrected chi connectivity index (χ0v) is 13.4. The van der Waals surface area contributed by atoms with Gasteiger partial charge >= 0.3 is 0 Å². The smallest absolute Gasteiger partial charge is 0.228 e. The Labute approximate surface area is 140 Å². The number of nitrogens with one attached hydrogen (secondary N) is 1. The predicted molar refractivity (Wildman–Crippen MR) is 91.2 cm³/mol. The highest BCUT2D eigenvalue weighted by Gasteiger charge is 2.17. The van der Waals surface area contributed by atoms with Crippen molar-refractivity contribution in [3.63, 3.8) is 0 Å². The number of benzene rings is 2. The molecule has 1 fully saturated rings. The van der Waals surface area contributed by atoms with Gasteiger partial charge in [-0.25, -0.2) is 8.78 Å². The second-order valence-electron chi connectivity index (χ2n) is 6.03. The molecule has 5 heteroatoms. The average Bonchev–Trinajstić information content (AvgIpc) is 2.58. The molecule has 0 spiro atoms. The molecule has 0 radical (unpaired) electrons. The molecule has 0 atom stereocenters. The molecule has 0 aliphatic carbocycles. The van der Waals surface area contributed by atoms with Gasteiger partial charge in [-0.2, -0.15) is 0 Å². The van der Waals surface area contributed by atoms with Crippen LogP contribution in [0.2, 0.25) is 0 Å². The summed E-state index contributed by atoms with van der Waals surface area (Å²) in [4.78, 5) is 14.4. The maximum Gasteiger partial charge on any atom is 0.228 e. The van der Waals surface area contributed by atoms with Gasteiger partial charge in [0.25, 0.3) is 0 Å². The van der Waals surface area contributed by atoms with E-state index >= 15 is 0 Å². The van der Waals surface area contributed by atoms with Crippen LogP contribution in [0.3, 0.4) is 0 Å². The van der Waals surface area contributed by atoms with Crippen molar-refractivity contribution in [2.24, 2.45) is 0 Å². The van der Waals surface area contributed by atoms with Crippen molar-refractivity contribution in [1.82, 2.24) is 0 Å². The molecule has 3 nitrogen and oxygen atoms in total. The third-order valence-electron chi connectivity index (χ3n) is 4.24. The van der Waals surface area contributed by atoms with Crippen molar-refractivity contribution >= 4 is 17.3 Å². The molecule has 1 aliphatic heterocycles. The van der Waals surface area contributed by atoms with Crippen LogP contribution in [0.1, 0.15) is 24.8 Å². The summed E-state index contributed by atoms with van der Waals surface area (Å²) in [7, 11) is 0. The van der Waals surface area contributed by atoms with E-state index in [1.165, 1.54) is 24.6 Å². The van der Waals surface area contributed by atoms with Crippen LogP contribution in [0, 0.1) is 11.6 Å². The van der Waals surface area contributed by atoms with E-state index < -0.39 is 11.6 Å². The van der Waals surface area contributed by atoms with Crippen molar-refractivity contribution in [3.8, 4) is 0 Å². The molecule has 3 rings (SSSR count). The Kier molecular flexibility index (Phi) is 5.08. The molecule has 1 aliphatic rings. The fraction of sp³-hybridized carbons (Fsp3) is 0.316. The number of anilines is 2. The van der Waals surface area contributed by atoms with Crippen molar-refractivity contribution in [3.05, 3.63) is 59.7 Å². The lowest BCUT2D eigenvalue weighted by Gasteiger charge is -2.30. The SMILES string of the molecule is O=C(Cc1ccccc1F)Nc1cc(F)ccc1N1CCCCC1. The van der Waals surface area contributed by atoms with E-state index in [4.69, 9.17) is 0 Å². The fourth-order valence-corrected chi connectivity index (χ4v) is 3.03. The van der Waals surface area contributed by atoms with Crippen molar-refractivity contribution in [2.75, 3.05) is 23.3 Å². The topological polar surface area (TPSA) is 32.3 Å². The number of amides is 1. The summed E-state index contributed by atoms with van der Waals surface area (Å²) in [5.74, 6) is -1.18. The molecule has 1 N–H and O–H groups in total. The van der Waals surface area contributed by atoms with Gasteiger partial charge in [-0.3, -0.25) is 4.79 Å². The van der Waals surface area contributed by atoms with E-state index in [2.05, 4.69) is 10.2 Å². The molecule has 1 saturated heterocycles. The molecule has 0 bridgehead atoms. The Morgan fingerprint density at radius 2 is 1.79 bits per heavy atom. The first kappa shape index (κ1) is 16.4. The van der Waals surface area contributed by atoms with Gasteiger partial charge in [0, 0.05) is 13.1 Å². The highest BCUT2D eigenvalue weighted by molar-refractivity contribution is 5.95. The molecular weight excluding hydrogens is 310 g/mol. The molecule has 2 aromatic rings. The standard InChI is InChI=1S/C19H20F2N2O/c20-15-8-9-18(23-10-4-1-5-11-23)17(13-15)22-19(24)12-14-6-2-3-7-16(14)21/h2-3,6-9,13H,1,4-5,10-12H2,(H,22,24). The molecule has 24 heavy (non-hydrogen) atoms. The second kappa shape index (κ2) is 7.43. The lowest BCUT2D eigenvalue weighted by atomic mass is 10.1. The zero-order chi connectivity index (χ0) is 16.9. The summed E-state index contributed by atoms with van der Waals surface area (Å²) in [6, 6.07) is 10.6. The molecule has 0 unspecified atom stereocenters. The maximum atomic E-state index is 13.7. The van der Waals surface area contributed by atoms with Crippen LogP contribution in [0.4, 0.5) is 20.2 Å². The van der Waals surface area contributed by atoms with Crippen LogP contribution < -0.4 is 10.2 Å². The zero-order valence-electron chi connectivity index (χ0n) is 13.4. The molecule has 0 saturated carbocycles. The van der Waals surface area contributed by atoms with E-state index in [-0.39, 0.29) is 12.3 Å². The predicted octanol–water partition coefficient (Wildman–Crippen LogP) is 4.14. The molecule has 1 heterocycles. The fourth-order valence-electron chi connectivity index (χ4n) is 3.03. The Morgan fingerprint density at radius 1 is 1.04 bits per heavy atom. The summed E-state index contributed by atoms with van der Waals surface area (Å²) < 4.78 is 27.3. The third-order valence-corrected chi connectivity index (χ3v) is 4.24. The van der Waals surface area contributed by atoms with E-state index in [0.29, 0.717) is 11.3 Å². The lowest BCUT2D eigenvalue weighted by molar-refractivity contribution is -0.115. The summed E-state index contributed by atoms with van der Waals surface area (Å²) in [5, 5.41) is 2.74. The van der Waals surface area contributed by atoms with Crippen LogP contribution in [0.5, 0.6) is 0 Å². The highest BCUT2D eigenvalue weighted by Crippen LogP contribution is 2.29. The quantitative estimate of drug-likeness (QED) is 0.914. The van der Waals surface area contributed by atoms with Gasteiger partial charge in [0.05, 0.1) is 17.8 Å². The van der Waals surface area contributed by atoms with Gasteiger partial charge in [-0.05, 0) is 49.1 Å². The van der Waals surface area contributed by atoms with Gasteiger partial charge in [0.1, 0.15) is 11.6 Å². The molecule has 0 aromatic heterocycles. The molecule has 126 valence electrons. The van der Waals surface area contributed by atoms with Crippen molar-refractivity contribution < 1.29 is 13.6 Å². The third kappa shape index (κ3) is 3.91. The lowest BCUT2D eigenvalue weighted by Crippen LogP contribution is -2.30. The largest absolute Gasteiger partial charge is 0.370 e. The summed E-state index contributed by atoms with van der Waals surface area (Å²) in [5.41, 5.74) is 1.59. The first-order chi connectivity index (χ1) is 11.6. The van der Waals surface area contributed by atoms with Gasteiger partial charge in [0.2, 0.25) is 5.91 Å². The van der Waals surface area contributed by atoms with Crippen LogP contribution >= 0.6 is 0 Å². The Balaban J connectivity index is 1.77. The van der Waals surface area contributed by atoms with Gasteiger partial charge in [-0.15, -0.1) is 0 Å². The van der Waals surface area contributed by atoms with E-state index in [1.54, 1.807) is 24.3 Å². The van der Waals surface area contributed by atoms with Gasteiger partial charge < -0.3 is 10.2 Å². The maximum absolute atomic E-state index is 13.7. The summed E-state index contributed by atoms with van der Waals surface area (Å²) in [6.07, 6.45) is 3.27. The minimum absolute atomic E-state index is 0.0807.